The molecule has 0 aliphatic heterocycles. The van der Waals surface area contributed by atoms with Crippen LogP contribution in [0, 0.1) is 13.0 Å². The zero-order valence-corrected chi connectivity index (χ0v) is 16.0. The van der Waals surface area contributed by atoms with E-state index in [0.29, 0.717) is 24.0 Å². The molecule has 21 heavy (non-hydrogen) atoms. The van der Waals surface area contributed by atoms with Gasteiger partial charge in [0.05, 0.1) is 20.4 Å². The van der Waals surface area contributed by atoms with E-state index in [1.165, 1.54) is 12.1 Å². The lowest BCUT2D eigenvalue weighted by atomic mass is 10.3. The zero-order valence-electron chi connectivity index (χ0n) is 10.9. The largest absolute Gasteiger partial charge is 0.492 e. The van der Waals surface area contributed by atoms with Crippen LogP contribution in [0.1, 0.15) is 6.42 Å². The molecule has 0 aromatic heterocycles. The van der Waals surface area contributed by atoms with E-state index in [2.05, 4.69) is 45.2 Å². The average molecular weight is 533 g/mol. The minimum atomic E-state index is -0.257. The SMILES string of the molecule is Fc1ccc(OCCCOc2ccc(Cl)cc2I)c(I)c1. The third kappa shape index (κ3) is 5.45. The first-order valence-electron chi connectivity index (χ1n) is 6.22. The predicted octanol–water partition coefficient (Wildman–Crippen LogP) is 5.54. The van der Waals surface area contributed by atoms with E-state index in [-0.39, 0.29) is 5.82 Å². The molecule has 0 unspecified atom stereocenters. The van der Waals surface area contributed by atoms with Crippen molar-refractivity contribution < 1.29 is 13.9 Å². The van der Waals surface area contributed by atoms with Gasteiger partial charge in [-0.05, 0) is 81.6 Å². The van der Waals surface area contributed by atoms with Crippen LogP contribution in [0.4, 0.5) is 4.39 Å². The molecule has 0 aliphatic rings. The van der Waals surface area contributed by atoms with Crippen molar-refractivity contribution in [2.45, 2.75) is 6.42 Å². The molecule has 0 saturated heterocycles. The molecule has 2 nitrogen and oxygen atoms in total. The van der Waals surface area contributed by atoms with Crippen LogP contribution in [-0.4, -0.2) is 13.2 Å². The number of rotatable bonds is 6. The van der Waals surface area contributed by atoms with E-state index < -0.39 is 0 Å². The maximum absolute atomic E-state index is 13.0. The number of benzene rings is 2. The second-order valence-corrected chi connectivity index (χ2v) is 6.96. The Labute approximate surface area is 155 Å². The predicted molar refractivity (Wildman–Crippen MR) is 98.9 cm³/mol. The molecule has 2 rings (SSSR count). The molecule has 0 heterocycles. The molecule has 2 aromatic rings. The van der Waals surface area contributed by atoms with Crippen molar-refractivity contribution in [3.63, 3.8) is 0 Å². The van der Waals surface area contributed by atoms with Gasteiger partial charge >= 0.3 is 0 Å². The van der Waals surface area contributed by atoms with E-state index in [9.17, 15) is 4.39 Å². The van der Waals surface area contributed by atoms with Crippen LogP contribution in [0.3, 0.4) is 0 Å². The molecular weight excluding hydrogens is 520 g/mol. The van der Waals surface area contributed by atoms with E-state index in [1.807, 2.05) is 12.1 Å². The molecule has 0 atom stereocenters. The Kier molecular flexibility index (Phi) is 6.81. The van der Waals surface area contributed by atoms with E-state index in [4.69, 9.17) is 21.1 Å². The fourth-order valence-corrected chi connectivity index (χ4v) is 3.27. The van der Waals surface area contributed by atoms with Crippen molar-refractivity contribution in [1.82, 2.24) is 0 Å². The Bertz CT molecular complexity index is 569. The Balaban J connectivity index is 1.75. The van der Waals surface area contributed by atoms with Crippen LogP contribution in [0.15, 0.2) is 36.4 Å². The summed E-state index contributed by atoms with van der Waals surface area (Å²) in [6.45, 7) is 1.07. The van der Waals surface area contributed by atoms with Gasteiger partial charge in [-0.15, -0.1) is 0 Å². The van der Waals surface area contributed by atoms with Crippen LogP contribution in [0.2, 0.25) is 5.02 Å². The quantitative estimate of drug-likeness (QED) is 0.360. The van der Waals surface area contributed by atoms with Crippen LogP contribution in [0.5, 0.6) is 11.5 Å². The Hall–Kier alpha value is -0.280. The lowest BCUT2D eigenvalue weighted by Crippen LogP contribution is -2.06. The number of hydrogen-bond donors (Lipinski definition) is 0. The highest BCUT2D eigenvalue weighted by molar-refractivity contribution is 14.1. The van der Waals surface area contributed by atoms with Gasteiger partial charge in [0.25, 0.3) is 0 Å². The highest BCUT2D eigenvalue weighted by Crippen LogP contribution is 2.25. The smallest absolute Gasteiger partial charge is 0.132 e. The van der Waals surface area contributed by atoms with Gasteiger partial charge in [0, 0.05) is 11.4 Å². The summed E-state index contributed by atoms with van der Waals surface area (Å²) in [5.74, 6) is 1.25. The third-order valence-electron chi connectivity index (χ3n) is 2.59. The van der Waals surface area contributed by atoms with E-state index >= 15 is 0 Å². The lowest BCUT2D eigenvalue weighted by molar-refractivity contribution is 0.245. The number of ether oxygens (including phenoxy) is 2. The minimum absolute atomic E-state index is 0.257. The fourth-order valence-electron chi connectivity index (χ4n) is 1.61. The second-order valence-electron chi connectivity index (χ2n) is 4.20. The molecule has 0 bridgehead atoms. The Morgan fingerprint density at radius 2 is 1.48 bits per heavy atom. The average Bonchev–Trinajstić information content (AvgIpc) is 2.42. The molecule has 2 aromatic carbocycles. The van der Waals surface area contributed by atoms with Crippen molar-refractivity contribution in [3.05, 3.63) is 54.4 Å². The molecule has 112 valence electrons. The molecule has 0 aliphatic carbocycles. The summed E-state index contributed by atoms with van der Waals surface area (Å²) < 4.78 is 26.0. The van der Waals surface area contributed by atoms with Gasteiger partial charge in [0.1, 0.15) is 17.3 Å². The topological polar surface area (TPSA) is 18.5 Å². The summed E-state index contributed by atoms with van der Waals surface area (Å²) in [4.78, 5) is 0. The van der Waals surface area contributed by atoms with Crippen LogP contribution >= 0.6 is 56.8 Å². The van der Waals surface area contributed by atoms with Gasteiger partial charge in [-0.2, -0.15) is 0 Å². The van der Waals surface area contributed by atoms with Crippen LogP contribution in [-0.2, 0) is 0 Å². The third-order valence-corrected chi connectivity index (χ3v) is 4.51. The van der Waals surface area contributed by atoms with Crippen LogP contribution < -0.4 is 9.47 Å². The summed E-state index contributed by atoms with van der Waals surface area (Å²) >= 11 is 10.1. The molecule has 0 saturated carbocycles. The van der Waals surface area contributed by atoms with Gasteiger partial charge in [-0.25, -0.2) is 4.39 Å². The van der Waals surface area contributed by atoms with Gasteiger partial charge < -0.3 is 9.47 Å². The first-order chi connectivity index (χ1) is 10.1. The lowest BCUT2D eigenvalue weighted by Gasteiger charge is -2.10. The minimum Gasteiger partial charge on any atom is -0.492 e. The van der Waals surface area contributed by atoms with Crippen LogP contribution in [0.25, 0.3) is 0 Å². The number of halogens is 4. The monoisotopic (exact) mass is 532 g/mol. The van der Waals surface area contributed by atoms with Gasteiger partial charge in [0.2, 0.25) is 0 Å². The Morgan fingerprint density at radius 3 is 2.05 bits per heavy atom. The van der Waals surface area contributed by atoms with Crippen molar-refractivity contribution in [1.29, 1.82) is 0 Å². The molecule has 6 heteroatoms. The first kappa shape index (κ1) is 17.1. The van der Waals surface area contributed by atoms with Gasteiger partial charge in [-0.3, -0.25) is 0 Å². The molecule has 0 N–H and O–H groups in total. The highest BCUT2D eigenvalue weighted by Gasteiger charge is 2.04. The highest BCUT2D eigenvalue weighted by atomic mass is 127. The maximum Gasteiger partial charge on any atom is 0.132 e. The standard InChI is InChI=1S/C15H12ClFI2O2/c16-10-2-4-14(12(18)8-10)20-6-1-7-21-15-5-3-11(17)9-13(15)19/h2-5,8-9H,1,6-7H2. The van der Waals surface area contributed by atoms with E-state index in [1.54, 1.807) is 12.1 Å². The molecule has 0 amide bonds. The summed E-state index contributed by atoms with van der Waals surface area (Å²) in [6.07, 6.45) is 0.742. The molecule has 0 fully saturated rings. The first-order valence-corrected chi connectivity index (χ1v) is 8.75. The molecular formula is C15H12ClFI2O2. The maximum atomic E-state index is 13.0. The van der Waals surface area contributed by atoms with Crippen molar-refractivity contribution in [3.8, 4) is 11.5 Å². The van der Waals surface area contributed by atoms with Crippen molar-refractivity contribution in [2.75, 3.05) is 13.2 Å². The van der Waals surface area contributed by atoms with E-state index in [0.717, 1.165) is 19.3 Å². The van der Waals surface area contributed by atoms with Gasteiger partial charge in [-0.1, -0.05) is 11.6 Å². The summed E-state index contributed by atoms with van der Waals surface area (Å²) in [5.41, 5.74) is 0. The normalized spacial score (nSPS) is 10.5. The van der Waals surface area contributed by atoms with Gasteiger partial charge in [0.15, 0.2) is 0 Å². The zero-order chi connectivity index (χ0) is 15.2. The fraction of sp³-hybridized carbons (Fsp3) is 0.200. The second kappa shape index (κ2) is 8.38. The Morgan fingerprint density at radius 1 is 0.905 bits per heavy atom. The molecule has 0 radical (unpaired) electrons. The van der Waals surface area contributed by atoms with Crippen molar-refractivity contribution in [2.24, 2.45) is 0 Å². The van der Waals surface area contributed by atoms with Crippen molar-refractivity contribution >= 4 is 56.8 Å². The summed E-state index contributed by atoms with van der Waals surface area (Å²) in [6, 6.07) is 9.99. The number of hydrogen-bond acceptors (Lipinski definition) is 2. The summed E-state index contributed by atoms with van der Waals surface area (Å²) in [5, 5.41) is 0.695. The molecule has 0 spiro atoms. The summed E-state index contributed by atoms with van der Waals surface area (Å²) in [7, 11) is 0.